The monoisotopic (exact) mass is 176 g/mol. The van der Waals surface area contributed by atoms with Gasteiger partial charge in [-0.2, -0.15) is 8.42 Å². The first-order valence-electron chi connectivity index (χ1n) is 1.51. The van der Waals surface area contributed by atoms with E-state index in [4.69, 9.17) is 17.5 Å². The topological polar surface area (TPSA) is 83.8 Å². The fraction of sp³-hybridized carbons (Fsp3) is 0. The van der Waals surface area contributed by atoms with Gasteiger partial charge in [0.25, 0.3) is 0 Å². The van der Waals surface area contributed by atoms with E-state index >= 15 is 0 Å². The van der Waals surface area contributed by atoms with Gasteiger partial charge in [0, 0.05) is 0 Å². The highest BCUT2D eigenvalue weighted by Crippen LogP contribution is 1.59. The van der Waals surface area contributed by atoms with E-state index in [1.165, 1.54) is 0 Å². The van der Waals surface area contributed by atoms with E-state index in [-0.39, 0.29) is 0 Å². The van der Waals surface area contributed by atoms with Gasteiger partial charge in [0.05, 0.1) is 0 Å². The molecule has 0 aliphatic rings. The van der Waals surface area contributed by atoms with Crippen LogP contribution in [0, 0.1) is 0 Å². The molecule has 0 spiro atoms. The summed E-state index contributed by atoms with van der Waals surface area (Å²) in [4.78, 5) is 0. The van der Waals surface area contributed by atoms with Crippen molar-refractivity contribution in [2.45, 2.75) is 0 Å². The van der Waals surface area contributed by atoms with Crippen LogP contribution >= 0.6 is 0 Å². The van der Waals surface area contributed by atoms with Crippen molar-refractivity contribution in [3.63, 3.8) is 0 Å². The lowest BCUT2D eigenvalue weighted by Gasteiger charge is -1.68. The van der Waals surface area contributed by atoms with E-state index in [1.807, 2.05) is 0 Å². The summed E-state index contributed by atoms with van der Waals surface area (Å²) in [6.07, 6.45) is 0. The van der Waals surface area contributed by atoms with Crippen LogP contribution in [-0.2, 0) is 14.5 Å². The van der Waals surface area contributed by atoms with Crippen LogP contribution in [0.1, 0.15) is 0 Å². The number of rotatable bonds is 0. The van der Waals surface area contributed by atoms with Gasteiger partial charge < -0.3 is 4.12 Å². The van der Waals surface area contributed by atoms with Gasteiger partial charge in [-0.3, -0.25) is 9.11 Å². The lowest BCUT2D eigenvalue weighted by molar-refractivity contribution is 0.381. The van der Waals surface area contributed by atoms with Gasteiger partial charge in [-0.05, 0) is 0 Å². The summed E-state index contributed by atoms with van der Waals surface area (Å²) in [6.45, 7) is 0. The molecule has 0 fully saturated rings. The third-order valence-electron chi connectivity index (χ3n) is 0. The summed E-state index contributed by atoms with van der Waals surface area (Å²) in [7, 11) is -2.81. The molecule has 0 aliphatic heterocycles. The Morgan fingerprint density at radius 3 is 1.25 bits per heavy atom. The lowest BCUT2D eigenvalue weighted by atomic mass is 15.8. The van der Waals surface area contributed by atoms with Crippen molar-refractivity contribution >= 4 is 31.4 Å². The molecule has 8 heteroatoms. The minimum Gasteiger partial charge on any atom is -0.471 e. The normalized spacial score (nSPS) is 10.2. The molecule has 0 aromatic rings. The highest BCUT2D eigenvalue weighted by atomic mass is 32.3. The number of hydrogen-bond donors (Lipinski definition) is 2. The fourth-order valence-corrected chi connectivity index (χ4v) is 0. The molecule has 0 aromatic carbocycles. The zero-order valence-corrected chi connectivity index (χ0v) is 9.34. The van der Waals surface area contributed by atoms with Gasteiger partial charge in [0.2, 0.25) is 0 Å². The average Bonchev–Trinajstić information content (AvgIpc) is 1.27. The molecule has 0 aromatic heterocycles. The summed E-state index contributed by atoms with van der Waals surface area (Å²) in [5.74, 6) is 0. The molecule has 0 atom stereocenters. The second kappa shape index (κ2) is 5.40. The van der Waals surface area contributed by atoms with Crippen LogP contribution in [-0.4, -0.2) is 38.5 Å². The van der Waals surface area contributed by atoms with Crippen molar-refractivity contribution in [3.8, 4) is 0 Å². The summed E-state index contributed by atoms with van der Waals surface area (Å²) < 4.78 is 36.1. The molecule has 0 saturated heterocycles. The van der Waals surface area contributed by atoms with Crippen LogP contribution in [0.4, 0.5) is 0 Å². The van der Waals surface area contributed by atoms with E-state index in [1.54, 1.807) is 0 Å². The smallest absolute Gasteiger partial charge is 0.394 e. The summed E-state index contributed by atoms with van der Waals surface area (Å²) >= 11 is 0. The van der Waals surface area contributed by atoms with E-state index in [9.17, 15) is 0 Å². The second-order valence-electron chi connectivity index (χ2n) is 0.856. The molecular formula is H8O5SSi2. The largest absolute Gasteiger partial charge is 0.471 e. The third kappa shape index (κ3) is 2490. The molecule has 52 valence electrons. The minimum atomic E-state index is -4.67. The van der Waals surface area contributed by atoms with Crippen molar-refractivity contribution in [3.05, 3.63) is 0 Å². The van der Waals surface area contributed by atoms with E-state index < -0.39 is 10.4 Å². The Hall–Kier alpha value is 0.264. The maximum absolute atomic E-state index is 8.74. The Labute approximate surface area is 53.7 Å². The quantitative estimate of drug-likeness (QED) is 0.302. The van der Waals surface area contributed by atoms with Gasteiger partial charge in [-0.1, -0.05) is 0 Å². The first kappa shape index (κ1) is 11.1. The van der Waals surface area contributed by atoms with Crippen molar-refractivity contribution < 1.29 is 21.6 Å². The summed E-state index contributed by atoms with van der Waals surface area (Å²) in [6, 6.07) is 0. The Morgan fingerprint density at radius 1 is 1.25 bits per heavy atom. The molecule has 0 aliphatic carbocycles. The van der Waals surface area contributed by atoms with Crippen LogP contribution < -0.4 is 0 Å². The molecule has 0 unspecified atom stereocenters. The maximum Gasteiger partial charge on any atom is 0.394 e. The van der Waals surface area contributed by atoms with Crippen LogP contribution in [0.2, 0.25) is 0 Å². The van der Waals surface area contributed by atoms with Gasteiger partial charge in [-0.25, -0.2) is 0 Å². The average molecular weight is 176 g/mol. The SMILES string of the molecule is O=S(=O)(O)O.[SiH3]O[SiH3]. The number of hydrogen-bond acceptors (Lipinski definition) is 3. The Balaban J connectivity index is 0. The molecule has 0 bridgehead atoms. The molecule has 0 amide bonds. The van der Waals surface area contributed by atoms with E-state index in [0.29, 0.717) is 0 Å². The highest BCUT2D eigenvalue weighted by Gasteiger charge is 1.84. The predicted molar refractivity (Wildman–Crippen MR) is 35.1 cm³/mol. The van der Waals surface area contributed by atoms with Crippen LogP contribution in [0.25, 0.3) is 0 Å². The molecule has 0 rings (SSSR count). The molecule has 8 heavy (non-hydrogen) atoms. The van der Waals surface area contributed by atoms with Gasteiger partial charge >= 0.3 is 10.4 Å². The molecule has 0 radical (unpaired) electrons. The van der Waals surface area contributed by atoms with Crippen LogP contribution in [0.5, 0.6) is 0 Å². The summed E-state index contributed by atoms with van der Waals surface area (Å²) in [5.41, 5.74) is 0. The predicted octanol–water partition coefficient (Wildman–Crippen LogP) is -3.09. The third-order valence-corrected chi connectivity index (χ3v) is 0. The molecule has 0 heterocycles. The molecular weight excluding hydrogens is 168 g/mol. The Kier molecular flexibility index (Phi) is 7.50. The lowest BCUT2D eigenvalue weighted by Crippen LogP contribution is -1.89. The van der Waals surface area contributed by atoms with Gasteiger partial charge in [0.15, 0.2) is 0 Å². The van der Waals surface area contributed by atoms with Crippen LogP contribution in [0.15, 0.2) is 0 Å². The minimum absolute atomic E-state index is 0.931. The highest BCUT2D eigenvalue weighted by molar-refractivity contribution is 7.79. The van der Waals surface area contributed by atoms with Crippen molar-refractivity contribution in [1.29, 1.82) is 0 Å². The van der Waals surface area contributed by atoms with Crippen LogP contribution in [0.3, 0.4) is 0 Å². The van der Waals surface area contributed by atoms with Crippen molar-refractivity contribution in [2.75, 3.05) is 0 Å². The second-order valence-corrected chi connectivity index (χ2v) is 5.02. The van der Waals surface area contributed by atoms with Crippen molar-refractivity contribution in [2.24, 2.45) is 0 Å². The first-order chi connectivity index (χ1) is 3.41. The van der Waals surface area contributed by atoms with Gasteiger partial charge in [-0.15, -0.1) is 0 Å². The maximum atomic E-state index is 8.74. The zero-order chi connectivity index (χ0) is 7.21. The van der Waals surface area contributed by atoms with Crippen molar-refractivity contribution in [1.82, 2.24) is 0 Å². The summed E-state index contributed by atoms with van der Waals surface area (Å²) in [5, 5.41) is 0. The Morgan fingerprint density at radius 2 is 1.25 bits per heavy atom. The molecule has 2 N–H and O–H groups in total. The standard InChI is InChI=1S/H2O4S.H6OSi2/c1-5(2,3)4;2-1-3/h(H2,1,2,3,4);2-3H3. The van der Waals surface area contributed by atoms with Gasteiger partial charge in [0.1, 0.15) is 21.0 Å². The van der Waals surface area contributed by atoms with E-state index in [0.717, 1.165) is 21.0 Å². The zero-order valence-electron chi connectivity index (χ0n) is 4.53. The molecule has 0 saturated carbocycles. The fourth-order valence-electron chi connectivity index (χ4n) is 0. The Bertz CT molecular complexity index is 104. The molecule has 5 nitrogen and oxygen atoms in total. The first-order valence-corrected chi connectivity index (χ1v) is 4.54. The van der Waals surface area contributed by atoms with E-state index in [2.05, 4.69) is 4.12 Å².